The van der Waals surface area contributed by atoms with Gasteiger partial charge in [-0.2, -0.15) is 11.3 Å². The van der Waals surface area contributed by atoms with Crippen molar-refractivity contribution in [3.8, 4) is 0 Å². The van der Waals surface area contributed by atoms with Gasteiger partial charge in [0.2, 0.25) is 0 Å². The number of hydrogen-bond donors (Lipinski definition) is 1. The van der Waals surface area contributed by atoms with E-state index in [1.165, 1.54) is 31.2 Å². The molecule has 2 nitrogen and oxygen atoms in total. The summed E-state index contributed by atoms with van der Waals surface area (Å²) in [5, 5.41) is 4.25. The highest BCUT2D eigenvalue weighted by Crippen LogP contribution is 2.32. The van der Waals surface area contributed by atoms with Gasteiger partial charge in [-0.1, -0.05) is 19.8 Å². The predicted octanol–water partition coefficient (Wildman–Crippen LogP) is 3.73. The molecule has 2 rings (SSSR count). The molecule has 0 spiro atoms. The van der Waals surface area contributed by atoms with Crippen LogP contribution in [0.25, 0.3) is 0 Å². The molecule has 1 fully saturated rings. The van der Waals surface area contributed by atoms with E-state index in [1.807, 2.05) is 6.92 Å². The van der Waals surface area contributed by atoms with Crippen LogP contribution >= 0.6 is 11.3 Å². The highest BCUT2D eigenvalue weighted by atomic mass is 32.1. The van der Waals surface area contributed by atoms with E-state index in [0.717, 1.165) is 0 Å². The van der Waals surface area contributed by atoms with Crippen LogP contribution in [0.1, 0.15) is 51.2 Å². The van der Waals surface area contributed by atoms with Crippen LogP contribution in [0.4, 0.5) is 0 Å². The molecule has 0 bridgehead atoms. The van der Waals surface area contributed by atoms with Gasteiger partial charge in [-0.3, -0.25) is 0 Å². The van der Waals surface area contributed by atoms with Gasteiger partial charge in [-0.25, -0.2) is 0 Å². The van der Waals surface area contributed by atoms with Crippen LogP contribution in [0.3, 0.4) is 0 Å². The average Bonchev–Trinajstić information content (AvgIpc) is 2.81. The van der Waals surface area contributed by atoms with Gasteiger partial charge >= 0.3 is 0 Å². The molecular formula is C14H23NOS. The van der Waals surface area contributed by atoms with Crippen molar-refractivity contribution in [2.75, 3.05) is 0 Å². The molecule has 1 aliphatic rings. The highest BCUT2D eigenvalue weighted by Gasteiger charge is 2.27. The van der Waals surface area contributed by atoms with Crippen molar-refractivity contribution < 1.29 is 4.74 Å². The number of rotatable bonds is 4. The van der Waals surface area contributed by atoms with E-state index >= 15 is 0 Å². The molecule has 0 amide bonds. The third-order valence-electron chi connectivity index (χ3n) is 3.70. The summed E-state index contributed by atoms with van der Waals surface area (Å²) in [4.78, 5) is 0. The Morgan fingerprint density at radius 2 is 2.18 bits per heavy atom. The zero-order valence-corrected chi connectivity index (χ0v) is 11.6. The minimum atomic E-state index is 0.0544. The topological polar surface area (TPSA) is 35.2 Å². The zero-order chi connectivity index (χ0) is 12.3. The average molecular weight is 253 g/mol. The van der Waals surface area contributed by atoms with E-state index < -0.39 is 0 Å². The third-order valence-corrected chi connectivity index (χ3v) is 4.40. The van der Waals surface area contributed by atoms with Gasteiger partial charge in [0.25, 0.3) is 0 Å². The minimum Gasteiger partial charge on any atom is -0.368 e. The smallest absolute Gasteiger partial charge is 0.0984 e. The first-order valence-corrected chi connectivity index (χ1v) is 7.56. The van der Waals surface area contributed by atoms with Gasteiger partial charge in [0.15, 0.2) is 0 Å². The fourth-order valence-corrected chi connectivity index (χ4v) is 3.30. The van der Waals surface area contributed by atoms with Crippen molar-refractivity contribution in [3.63, 3.8) is 0 Å². The summed E-state index contributed by atoms with van der Waals surface area (Å²) >= 11 is 1.71. The van der Waals surface area contributed by atoms with Crippen molar-refractivity contribution in [2.45, 2.75) is 57.8 Å². The van der Waals surface area contributed by atoms with Gasteiger partial charge in [0.1, 0.15) is 0 Å². The van der Waals surface area contributed by atoms with E-state index in [-0.39, 0.29) is 12.1 Å². The Hall–Kier alpha value is -0.380. The molecule has 0 aromatic carbocycles. The Bertz CT molecular complexity index is 323. The molecule has 0 saturated heterocycles. The summed E-state index contributed by atoms with van der Waals surface area (Å²) in [6.07, 6.45) is 5.58. The van der Waals surface area contributed by atoms with Crippen molar-refractivity contribution >= 4 is 11.3 Å². The Kier molecular flexibility index (Phi) is 4.60. The fraction of sp³-hybridized carbons (Fsp3) is 0.714. The lowest BCUT2D eigenvalue weighted by molar-refractivity contribution is -0.0650. The van der Waals surface area contributed by atoms with Gasteiger partial charge < -0.3 is 10.5 Å². The lowest BCUT2D eigenvalue weighted by Gasteiger charge is -2.33. The molecular weight excluding hydrogens is 230 g/mol. The Labute approximate surface area is 108 Å². The van der Waals surface area contributed by atoms with Crippen molar-refractivity contribution in [1.82, 2.24) is 0 Å². The van der Waals surface area contributed by atoms with Crippen LogP contribution in [0, 0.1) is 5.92 Å². The van der Waals surface area contributed by atoms with E-state index in [1.54, 1.807) is 11.3 Å². The van der Waals surface area contributed by atoms with Crippen molar-refractivity contribution in [1.29, 1.82) is 0 Å². The monoisotopic (exact) mass is 253 g/mol. The van der Waals surface area contributed by atoms with E-state index in [9.17, 15) is 0 Å². The summed E-state index contributed by atoms with van der Waals surface area (Å²) in [6.45, 7) is 4.34. The zero-order valence-electron chi connectivity index (χ0n) is 10.8. The predicted molar refractivity (Wildman–Crippen MR) is 73.2 cm³/mol. The highest BCUT2D eigenvalue weighted by molar-refractivity contribution is 7.07. The molecule has 1 aromatic heterocycles. The van der Waals surface area contributed by atoms with Crippen LogP contribution in [-0.4, -0.2) is 12.1 Å². The molecule has 0 aliphatic heterocycles. The second-order valence-corrected chi connectivity index (χ2v) is 6.05. The summed E-state index contributed by atoms with van der Waals surface area (Å²) in [7, 11) is 0. The maximum absolute atomic E-state index is 6.29. The lowest BCUT2D eigenvalue weighted by Crippen LogP contribution is -2.34. The van der Waals surface area contributed by atoms with Crippen molar-refractivity contribution in [3.05, 3.63) is 22.4 Å². The first-order chi connectivity index (χ1) is 8.18. The normalized spacial score (nSPS) is 28.9. The molecule has 0 radical (unpaired) electrons. The van der Waals surface area contributed by atoms with Gasteiger partial charge in [0, 0.05) is 6.04 Å². The summed E-state index contributed by atoms with van der Waals surface area (Å²) in [6, 6.07) is 2.19. The first-order valence-electron chi connectivity index (χ1n) is 6.61. The Morgan fingerprint density at radius 3 is 2.76 bits per heavy atom. The van der Waals surface area contributed by atoms with Gasteiger partial charge in [-0.05, 0) is 48.1 Å². The molecule has 96 valence electrons. The van der Waals surface area contributed by atoms with Crippen LogP contribution in [0.5, 0.6) is 0 Å². The molecule has 1 aromatic rings. The number of ether oxygens (including phenoxy) is 1. The van der Waals surface area contributed by atoms with E-state index in [2.05, 4.69) is 23.8 Å². The molecule has 1 heterocycles. The van der Waals surface area contributed by atoms with E-state index in [0.29, 0.717) is 12.0 Å². The molecule has 2 N–H and O–H groups in total. The Morgan fingerprint density at radius 1 is 1.41 bits per heavy atom. The lowest BCUT2D eigenvalue weighted by atomic mass is 9.87. The summed E-state index contributed by atoms with van der Waals surface area (Å²) < 4.78 is 6.29. The first kappa shape index (κ1) is 13.1. The number of hydrogen-bond acceptors (Lipinski definition) is 3. The quantitative estimate of drug-likeness (QED) is 0.887. The maximum atomic E-state index is 6.29. The summed E-state index contributed by atoms with van der Waals surface area (Å²) in [5.74, 6) is 0.670. The largest absolute Gasteiger partial charge is 0.368 e. The molecule has 4 atom stereocenters. The van der Waals surface area contributed by atoms with Crippen LogP contribution in [0.2, 0.25) is 0 Å². The molecule has 3 heteroatoms. The maximum Gasteiger partial charge on any atom is 0.0984 e. The summed E-state index contributed by atoms with van der Waals surface area (Å²) in [5.41, 5.74) is 7.31. The van der Waals surface area contributed by atoms with Crippen LogP contribution in [-0.2, 0) is 4.74 Å². The minimum absolute atomic E-state index is 0.0544. The van der Waals surface area contributed by atoms with Crippen molar-refractivity contribution in [2.24, 2.45) is 11.7 Å². The van der Waals surface area contributed by atoms with Crippen LogP contribution in [0.15, 0.2) is 16.8 Å². The molecule has 1 aliphatic carbocycles. The second-order valence-electron chi connectivity index (χ2n) is 5.27. The molecule has 17 heavy (non-hydrogen) atoms. The van der Waals surface area contributed by atoms with E-state index in [4.69, 9.17) is 10.5 Å². The standard InChI is InChI=1S/C14H23NOS/c1-10-5-3-4-6-13(10)16-14(11(2)15)12-7-8-17-9-12/h7-11,13-14H,3-6,15H2,1-2H3. The Balaban J connectivity index is 2.02. The van der Waals surface area contributed by atoms with Gasteiger partial charge in [0.05, 0.1) is 12.2 Å². The number of thiophene rings is 1. The van der Waals surface area contributed by atoms with Gasteiger partial charge in [-0.15, -0.1) is 0 Å². The fourth-order valence-electron chi connectivity index (χ4n) is 2.62. The third kappa shape index (κ3) is 3.30. The number of nitrogens with two attached hydrogens (primary N) is 1. The molecule has 1 saturated carbocycles. The van der Waals surface area contributed by atoms with Crippen LogP contribution < -0.4 is 5.73 Å². The second kappa shape index (κ2) is 5.98. The SMILES string of the molecule is CC(N)C(OC1CCCCC1C)c1ccsc1. The molecule has 4 unspecified atom stereocenters.